The normalized spacial score (nSPS) is 13.1. The van der Waals surface area contributed by atoms with Gasteiger partial charge in [-0.3, -0.25) is 0 Å². The minimum absolute atomic E-state index is 0.0543. The number of aliphatic hydroxyl groups excluding tert-OH is 1. The lowest BCUT2D eigenvalue weighted by Crippen LogP contribution is -2.29. The van der Waals surface area contributed by atoms with Crippen LogP contribution in [0, 0.1) is 5.82 Å². The molecule has 0 spiro atoms. The van der Waals surface area contributed by atoms with Crippen molar-refractivity contribution in [3.8, 4) is 0 Å². The summed E-state index contributed by atoms with van der Waals surface area (Å²) in [4.78, 5) is 0. The highest BCUT2D eigenvalue weighted by Gasteiger charge is 2.15. The third-order valence-electron chi connectivity index (χ3n) is 2.23. The lowest BCUT2D eigenvalue weighted by atomic mass is 10.0. The second-order valence-corrected chi connectivity index (χ2v) is 3.91. The molecule has 0 saturated carbocycles. The van der Waals surface area contributed by atoms with Crippen LogP contribution in [0.5, 0.6) is 0 Å². The molecule has 1 aromatic rings. The molecule has 1 rings (SSSR count). The van der Waals surface area contributed by atoms with Gasteiger partial charge in [0, 0.05) is 24.3 Å². The molecule has 2 nitrogen and oxygen atoms in total. The average Bonchev–Trinajstić information content (AvgIpc) is 2.17. The third kappa shape index (κ3) is 3.61. The lowest BCUT2D eigenvalue weighted by molar-refractivity contribution is 0.260. The summed E-state index contributed by atoms with van der Waals surface area (Å²) in [5.74, 6) is -0.218. The Labute approximate surface area is 90.1 Å². The van der Waals surface area contributed by atoms with Crippen LogP contribution in [0.15, 0.2) is 24.3 Å². The summed E-state index contributed by atoms with van der Waals surface area (Å²) in [7, 11) is 0. The molecule has 0 radical (unpaired) electrons. The number of nitrogens with one attached hydrogen (secondary N) is 1. The average molecular weight is 211 g/mol. The Kier molecular flexibility index (Phi) is 4.72. The maximum Gasteiger partial charge on any atom is 0.127 e. The van der Waals surface area contributed by atoms with Crippen LogP contribution in [-0.4, -0.2) is 17.8 Å². The van der Waals surface area contributed by atoms with Crippen LogP contribution in [0.3, 0.4) is 0 Å². The van der Waals surface area contributed by atoms with E-state index in [1.807, 2.05) is 19.9 Å². The van der Waals surface area contributed by atoms with Crippen LogP contribution in [0.2, 0.25) is 0 Å². The summed E-state index contributed by atoms with van der Waals surface area (Å²) < 4.78 is 13.5. The van der Waals surface area contributed by atoms with E-state index in [0.29, 0.717) is 12.0 Å². The molecule has 0 aliphatic carbocycles. The van der Waals surface area contributed by atoms with Crippen LogP contribution >= 0.6 is 0 Å². The first kappa shape index (κ1) is 12.1. The molecule has 1 atom stereocenters. The van der Waals surface area contributed by atoms with Crippen LogP contribution in [0.4, 0.5) is 4.39 Å². The summed E-state index contributed by atoms with van der Waals surface area (Å²) in [6.45, 7) is 4.06. The summed E-state index contributed by atoms with van der Waals surface area (Å²) in [6, 6.07) is 6.83. The van der Waals surface area contributed by atoms with Gasteiger partial charge in [0.05, 0.1) is 0 Å². The van der Waals surface area contributed by atoms with Gasteiger partial charge < -0.3 is 10.4 Å². The second kappa shape index (κ2) is 5.83. The molecule has 1 aromatic carbocycles. The van der Waals surface area contributed by atoms with E-state index in [1.165, 1.54) is 6.07 Å². The zero-order valence-electron chi connectivity index (χ0n) is 9.20. The number of rotatable bonds is 5. The Bertz CT molecular complexity index is 301. The molecule has 0 amide bonds. The maximum atomic E-state index is 13.5. The van der Waals surface area contributed by atoms with Gasteiger partial charge in [-0.05, 0) is 12.5 Å². The van der Waals surface area contributed by atoms with Crippen molar-refractivity contribution in [3.05, 3.63) is 35.6 Å². The lowest BCUT2D eigenvalue weighted by Gasteiger charge is -2.21. The van der Waals surface area contributed by atoms with E-state index in [0.717, 1.165) is 0 Å². The summed E-state index contributed by atoms with van der Waals surface area (Å²) >= 11 is 0. The van der Waals surface area contributed by atoms with Gasteiger partial charge >= 0.3 is 0 Å². The Morgan fingerprint density at radius 1 is 1.33 bits per heavy atom. The zero-order valence-corrected chi connectivity index (χ0v) is 9.20. The highest BCUT2D eigenvalue weighted by Crippen LogP contribution is 2.20. The molecule has 0 aromatic heterocycles. The molecule has 0 bridgehead atoms. The van der Waals surface area contributed by atoms with Crippen molar-refractivity contribution in [1.29, 1.82) is 0 Å². The van der Waals surface area contributed by atoms with E-state index in [-0.39, 0.29) is 24.5 Å². The van der Waals surface area contributed by atoms with Crippen molar-refractivity contribution in [2.45, 2.75) is 32.4 Å². The minimum atomic E-state index is -0.218. The van der Waals surface area contributed by atoms with E-state index < -0.39 is 0 Å². The molecule has 2 N–H and O–H groups in total. The Morgan fingerprint density at radius 3 is 2.53 bits per heavy atom. The van der Waals surface area contributed by atoms with Gasteiger partial charge in [0.1, 0.15) is 5.82 Å². The van der Waals surface area contributed by atoms with Gasteiger partial charge in [-0.25, -0.2) is 4.39 Å². The largest absolute Gasteiger partial charge is 0.396 e. The molecule has 3 heteroatoms. The van der Waals surface area contributed by atoms with Gasteiger partial charge in [-0.15, -0.1) is 0 Å². The van der Waals surface area contributed by atoms with Crippen LogP contribution in [0.25, 0.3) is 0 Å². The first-order valence-electron chi connectivity index (χ1n) is 5.26. The van der Waals surface area contributed by atoms with Crippen molar-refractivity contribution in [3.63, 3.8) is 0 Å². The van der Waals surface area contributed by atoms with Crippen molar-refractivity contribution in [2.75, 3.05) is 6.61 Å². The first-order chi connectivity index (χ1) is 7.15. The molecule has 15 heavy (non-hydrogen) atoms. The smallest absolute Gasteiger partial charge is 0.127 e. The third-order valence-corrected chi connectivity index (χ3v) is 2.23. The Hall–Kier alpha value is -0.930. The first-order valence-corrected chi connectivity index (χ1v) is 5.26. The highest BCUT2D eigenvalue weighted by molar-refractivity contribution is 5.21. The predicted molar refractivity (Wildman–Crippen MR) is 59.1 cm³/mol. The van der Waals surface area contributed by atoms with Crippen LogP contribution in [-0.2, 0) is 0 Å². The SMILES string of the molecule is CC(C)NC(CCO)c1ccccc1F. The second-order valence-electron chi connectivity index (χ2n) is 3.91. The van der Waals surface area contributed by atoms with Gasteiger partial charge in [0.2, 0.25) is 0 Å². The number of halogens is 1. The molecule has 0 aliphatic rings. The van der Waals surface area contributed by atoms with Crippen molar-refractivity contribution < 1.29 is 9.50 Å². The fourth-order valence-electron chi connectivity index (χ4n) is 1.62. The standard InChI is InChI=1S/C12H18FNO/c1-9(2)14-12(7-8-15)10-5-3-4-6-11(10)13/h3-6,9,12,14-15H,7-8H2,1-2H3. The van der Waals surface area contributed by atoms with E-state index in [1.54, 1.807) is 12.1 Å². The molecular weight excluding hydrogens is 193 g/mol. The molecule has 0 aliphatic heterocycles. The van der Waals surface area contributed by atoms with Crippen molar-refractivity contribution in [2.24, 2.45) is 0 Å². The van der Waals surface area contributed by atoms with E-state index in [9.17, 15) is 4.39 Å². The summed E-state index contributed by atoms with van der Waals surface area (Å²) in [5.41, 5.74) is 0.625. The fraction of sp³-hybridized carbons (Fsp3) is 0.500. The van der Waals surface area contributed by atoms with Gasteiger partial charge in [-0.1, -0.05) is 32.0 Å². The number of hydrogen-bond donors (Lipinski definition) is 2. The van der Waals surface area contributed by atoms with E-state index >= 15 is 0 Å². The van der Waals surface area contributed by atoms with Gasteiger partial charge in [0.15, 0.2) is 0 Å². The number of benzene rings is 1. The Balaban J connectivity index is 2.83. The topological polar surface area (TPSA) is 32.3 Å². The van der Waals surface area contributed by atoms with Crippen LogP contribution in [0.1, 0.15) is 31.9 Å². The number of hydrogen-bond acceptors (Lipinski definition) is 2. The fourth-order valence-corrected chi connectivity index (χ4v) is 1.62. The minimum Gasteiger partial charge on any atom is -0.396 e. The van der Waals surface area contributed by atoms with Crippen molar-refractivity contribution in [1.82, 2.24) is 5.32 Å². The molecular formula is C12H18FNO. The predicted octanol–water partition coefficient (Wildman–Crippen LogP) is 2.25. The highest BCUT2D eigenvalue weighted by atomic mass is 19.1. The molecule has 1 unspecified atom stereocenters. The summed E-state index contributed by atoms with van der Waals surface area (Å²) in [6.07, 6.45) is 0.527. The molecule has 0 heterocycles. The summed E-state index contributed by atoms with van der Waals surface area (Å²) in [5, 5.41) is 12.2. The quantitative estimate of drug-likeness (QED) is 0.783. The van der Waals surface area contributed by atoms with Gasteiger partial charge in [-0.2, -0.15) is 0 Å². The molecule has 0 fully saturated rings. The van der Waals surface area contributed by atoms with E-state index in [2.05, 4.69) is 5.32 Å². The Morgan fingerprint density at radius 2 is 2.00 bits per heavy atom. The maximum absolute atomic E-state index is 13.5. The number of aliphatic hydroxyl groups is 1. The molecule has 0 saturated heterocycles. The van der Waals surface area contributed by atoms with Crippen molar-refractivity contribution >= 4 is 0 Å². The zero-order chi connectivity index (χ0) is 11.3. The van der Waals surface area contributed by atoms with Gasteiger partial charge in [0.25, 0.3) is 0 Å². The van der Waals surface area contributed by atoms with Crippen LogP contribution < -0.4 is 5.32 Å². The van der Waals surface area contributed by atoms with E-state index in [4.69, 9.17) is 5.11 Å². The molecule has 84 valence electrons. The monoisotopic (exact) mass is 211 g/mol.